The largest absolute Gasteiger partial charge is 0.489 e. The van der Waals surface area contributed by atoms with E-state index in [1.807, 2.05) is 24.3 Å². The Morgan fingerprint density at radius 3 is 1.47 bits per heavy atom. The fourth-order valence-corrected chi connectivity index (χ4v) is 10.1. The average molecular weight is 851 g/mol. The smallest absolute Gasteiger partial charge is 0.380 e. The zero-order valence-corrected chi connectivity index (χ0v) is 34.1. The molecule has 0 N–H and O–H groups in total. The Bertz CT molecular complexity index is 2880. The molecule has 0 saturated heterocycles. The molecule has 0 atom stereocenters. The van der Waals surface area contributed by atoms with Gasteiger partial charge in [0.15, 0.2) is 0 Å². The third kappa shape index (κ3) is 6.58. The Morgan fingerprint density at radius 1 is 0.508 bits per heavy atom. The summed E-state index contributed by atoms with van der Waals surface area (Å²) < 4.78 is 109. The average Bonchev–Trinajstić information content (AvgIpc) is 3.99. The number of allylic oxidation sites excluding steroid dienone is 2. The highest BCUT2D eigenvalue weighted by molar-refractivity contribution is 7.16. The molecule has 9 rings (SSSR count). The van der Waals surface area contributed by atoms with Crippen LogP contribution in [0.15, 0.2) is 127 Å². The molecule has 0 fully saturated rings. The van der Waals surface area contributed by atoms with E-state index in [-0.39, 0.29) is 27.5 Å². The molecule has 1 aliphatic rings. The van der Waals surface area contributed by atoms with Crippen molar-refractivity contribution in [2.75, 3.05) is 0 Å². The zero-order valence-electron chi connectivity index (χ0n) is 31.6. The van der Waals surface area contributed by atoms with Gasteiger partial charge in [0.2, 0.25) is 0 Å². The SMILES string of the molecule is Cc1ccc(-c2ccc(-c3ccc(COc4ccc(-c5cc(C6=C(c7cc(-c8ccccc8)sc7C)C(F)(F)C(F)(F)C6(F)F)c(C)s5)cc4)cc3)c3nsnc23)cc1. The van der Waals surface area contributed by atoms with Gasteiger partial charge in [-0.2, -0.15) is 35.1 Å². The van der Waals surface area contributed by atoms with Crippen LogP contribution in [0.3, 0.4) is 0 Å². The minimum absolute atomic E-state index is 0.217. The highest BCUT2D eigenvalue weighted by atomic mass is 32.1. The summed E-state index contributed by atoms with van der Waals surface area (Å²) in [4.78, 5) is 1.43. The number of aryl methyl sites for hydroxylation is 3. The van der Waals surface area contributed by atoms with E-state index in [0.717, 1.165) is 61.5 Å². The Balaban J connectivity index is 0.949. The summed E-state index contributed by atoms with van der Waals surface area (Å²) in [6.07, 6.45) is 0. The summed E-state index contributed by atoms with van der Waals surface area (Å²) in [6, 6.07) is 38.7. The van der Waals surface area contributed by atoms with Crippen LogP contribution in [0.25, 0.3) is 65.3 Å². The number of nitrogens with zero attached hydrogens (tertiary/aromatic N) is 2. The topological polar surface area (TPSA) is 35.0 Å². The van der Waals surface area contributed by atoms with Crippen LogP contribution in [0.1, 0.15) is 32.0 Å². The van der Waals surface area contributed by atoms with E-state index >= 15 is 26.3 Å². The quantitative estimate of drug-likeness (QED) is 0.136. The summed E-state index contributed by atoms with van der Waals surface area (Å²) >= 11 is 3.35. The van der Waals surface area contributed by atoms with Crippen LogP contribution < -0.4 is 4.74 Å². The lowest BCUT2D eigenvalue weighted by Gasteiger charge is -2.25. The van der Waals surface area contributed by atoms with Gasteiger partial charge in [-0.3, -0.25) is 0 Å². The molecular formula is C47H32F6N2OS3. The Morgan fingerprint density at radius 2 is 0.966 bits per heavy atom. The summed E-state index contributed by atoms with van der Waals surface area (Å²) in [5.74, 6) is -15.4. The molecule has 1 aliphatic carbocycles. The van der Waals surface area contributed by atoms with E-state index in [0.29, 0.717) is 26.6 Å². The first kappa shape index (κ1) is 38.9. The number of alkyl halides is 6. The molecule has 8 aromatic rings. The summed E-state index contributed by atoms with van der Waals surface area (Å²) in [6.45, 7) is 5.29. The number of halogens is 6. The number of hydrogen-bond donors (Lipinski definition) is 0. The maximum absolute atomic E-state index is 15.8. The third-order valence-corrected chi connectivity index (χ3v) is 13.4. The van der Waals surface area contributed by atoms with Crippen molar-refractivity contribution < 1.29 is 31.1 Å². The summed E-state index contributed by atoms with van der Waals surface area (Å²) in [7, 11) is 0. The van der Waals surface area contributed by atoms with Crippen LogP contribution in [0, 0.1) is 20.8 Å². The van der Waals surface area contributed by atoms with E-state index in [1.54, 1.807) is 54.6 Å². The predicted molar refractivity (Wildman–Crippen MR) is 228 cm³/mol. The van der Waals surface area contributed by atoms with E-state index in [1.165, 1.54) is 43.3 Å². The predicted octanol–water partition coefficient (Wildman–Crippen LogP) is 14.8. The van der Waals surface area contributed by atoms with Crippen molar-refractivity contribution in [1.29, 1.82) is 0 Å². The summed E-state index contributed by atoms with van der Waals surface area (Å²) in [5, 5.41) is 0. The lowest BCUT2D eigenvalue weighted by Crippen LogP contribution is -2.48. The molecule has 296 valence electrons. The molecule has 12 heteroatoms. The second-order valence-corrected chi connectivity index (χ2v) is 17.5. The molecule has 0 bridgehead atoms. The molecule has 3 nitrogen and oxygen atoms in total. The van der Waals surface area contributed by atoms with Crippen molar-refractivity contribution in [1.82, 2.24) is 8.75 Å². The monoisotopic (exact) mass is 850 g/mol. The lowest BCUT2D eigenvalue weighted by atomic mass is 9.94. The number of aromatic nitrogens is 2. The van der Waals surface area contributed by atoms with Crippen LogP contribution in [-0.2, 0) is 6.61 Å². The first-order valence-electron chi connectivity index (χ1n) is 18.5. The number of benzene rings is 5. The second-order valence-electron chi connectivity index (χ2n) is 14.5. The van der Waals surface area contributed by atoms with Crippen molar-refractivity contribution in [3.05, 3.63) is 159 Å². The number of fused-ring (bicyclic) bond motifs is 1. The van der Waals surface area contributed by atoms with Crippen LogP contribution in [0.5, 0.6) is 5.75 Å². The molecule has 59 heavy (non-hydrogen) atoms. The van der Waals surface area contributed by atoms with E-state index in [4.69, 9.17) is 4.74 Å². The van der Waals surface area contributed by atoms with Crippen LogP contribution in [-0.4, -0.2) is 26.5 Å². The Hall–Kier alpha value is -5.56. The first-order chi connectivity index (χ1) is 28.2. The lowest BCUT2D eigenvalue weighted by molar-refractivity contribution is -0.254. The van der Waals surface area contributed by atoms with Gasteiger partial charge in [0.05, 0.1) is 11.7 Å². The molecule has 0 unspecified atom stereocenters. The van der Waals surface area contributed by atoms with Crippen LogP contribution in [0.2, 0.25) is 0 Å². The van der Waals surface area contributed by atoms with Crippen molar-refractivity contribution in [3.8, 4) is 48.9 Å². The Kier molecular flexibility index (Phi) is 9.64. The molecule has 0 aliphatic heterocycles. The number of hydrogen-bond acceptors (Lipinski definition) is 6. The van der Waals surface area contributed by atoms with Gasteiger partial charge in [-0.25, -0.2) is 0 Å². The van der Waals surface area contributed by atoms with Gasteiger partial charge in [0.1, 0.15) is 23.4 Å². The van der Waals surface area contributed by atoms with Crippen molar-refractivity contribution in [3.63, 3.8) is 0 Å². The fourth-order valence-electron chi connectivity index (χ4n) is 7.51. The first-order valence-corrected chi connectivity index (χ1v) is 20.9. The van der Waals surface area contributed by atoms with Crippen molar-refractivity contribution in [2.24, 2.45) is 0 Å². The second kappa shape index (κ2) is 14.6. The molecule has 5 aromatic carbocycles. The minimum Gasteiger partial charge on any atom is -0.489 e. The minimum atomic E-state index is -5.64. The van der Waals surface area contributed by atoms with E-state index < -0.39 is 28.9 Å². The zero-order chi connectivity index (χ0) is 41.3. The van der Waals surface area contributed by atoms with Gasteiger partial charge in [0.25, 0.3) is 0 Å². The standard InChI is InChI=1S/C47H32F6N2OS3/c1-26-9-13-30(14-10-26)35-21-22-36(44-43(35)54-59-55-44)31-15-11-29(12-16-31)25-56-34-19-17-33(18-20-34)40-24-38(28(3)58-40)42-41(45(48,49)47(52,53)46(42,50)51)37-23-39(57-27(37)2)32-7-5-4-6-8-32/h4-24H,25H2,1-3H3. The van der Waals surface area contributed by atoms with Crippen LogP contribution >= 0.6 is 34.4 Å². The number of rotatable bonds is 9. The molecule has 0 spiro atoms. The number of thiophene rings is 2. The van der Waals surface area contributed by atoms with Gasteiger partial charge in [-0.15, -0.1) is 22.7 Å². The van der Waals surface area contributed by atoms with Crippen molar-refractivity contribution in [2.45, 2.75) is 45.1 Å². The van der Waals surface area contributed by atoms with E-state index in [9.17, 15) is 0 Å². The van der Waals surface area contributed by atoms with Gasteiger partial charge in [-0.05, 0) is 96.1 Å². The van der Waals surface area contributed by atoms with Crippen molar-refractivity contribution >= 4 is 56.6 Å². The molecular weight excluding hydrogens is 819 g/mol. The third-order valence-electron chi connectivity index (χ3n) is 10.7. The maximum Gasteiger partial charge on any atom is 0.380 e. The molecule has 0 amide bonds. The molecule has 3 aromatic heterocycles. The fraction of sp³-hybridized carbons (Fsp3) is 0.149. The maximum atomic E-state index is 15.8. The molecule has 0 radical (unpaired) electrons. The van der Waals surface area contributed by atoms with Crippen LogP contribution in [0.4, 0.5) is 26.3 Å². The normalized spacial score (nSPS) is 15.6. The molecule has 0 saturated carbocycles. The van der Waals surface area contributed by atoms with Gasteiger partial charge in [0, 0.05) is 41.8 Å². The van der Waals surface area contributed by atoms with Gasteiger partial charge < -0.3 is 4.74 Å². The summed E-state index contributed by atoms with van der Waals surface area (Å²) in [5.41, 5.74) is 5.83. The number of ether oxygens (including phenoxy) is 1. The molecule has 3 heterocycles. The van der Waals surface area contributed by atoms with Gasteiger partial charge >= 0.3 is 17.8 Å². The highest BCUT2D eigenvalue weighted by Gasteiger charge is 2.80. The highest BCUT2D eigenvalue weighted by Crippen LogP contribution is 2.66. The van der Waals surface area contributed by atoms with E-state index in [2.05, 4.69) is 52.1 Å². The Labute approximate surface area is 348 Å². The van der Waals surface area contributed by atoms with Gasteiger partial charge in [-0.1, -0.05) is 96.6 Å².